The minimum atomic E-state index is -0.175. The van der Waals surface area contributed by atoms with Crippen LogP contribution >= 0.6 is 11.8 Å². The number of hydrogen-bond donors (Lipinski definition) is 1. The van der Waals surface area contributed by atoms with Crippen LogP contribution < -0.4 is 10.9 Å². The lowest BCUT2D eigenvalue weighted by atomic mass is 10.1. The highest BCUT2D eigenvalue weighted by atomic mass is 32.2. The Balaban J connectivity index is 1.48. The Hall–Kier alpha value is -2.08. The van der Waals surface area contributed by atoms with Crippen molar-refractivity contribution in [1.82, 2.24) is 14.9 Å². The molecule has 2 aromatic rings. The maximum atomic E-state index is 12.3. The van der Waals surface area contributed by atoms with E-state index in [-0.39, 0.29) is 17.4 Å². The molecule has 5 nitrogen and oxygen atoms in total. The van der Waals surface area contributed by atoms with Gasteiger partial charge in [-0.25, -0.2) is 4.98 Å². The molecule has 0 spiro atoms. The number of rotatable bonds is 5. The predicted octanol–water partition coefficient (Wildman–Crippen LogP) is 1.71. The van der Waals surface area contributed by atoms with E-state index >= 15 is 0 Å². The van der Waals surface area contributed by atoms with Gasteiger partial charge in [-0.3, -0.25) is 14.2 Å². The maximum absolute atomic E-state index is 12.3. The van der Waals surface area contributed by atoms with Crippen LogP contribution in [0.4, 0.5) is 0 Å². The summed E-state index contributed by atoms with van der Waals surface area (Å²) < 4.78 is 1.59. The molecular formula is C17H19N3O2S. The van der Waals surface area contributed by atoms with E-state index in [2.05, 4.69) is 22.4 Å². The van der Waals surface area contributed by atoms with Crippen LogP contribution in [-0.4, -0.2) is 27.8 Å². The number of thioether (sulfide) groups is 1. The lowest BCUT2D eigenvalue weighted by Gasteiger charge is -2.23. The number of aromatic nitrogens is 2. The Labute approximate surface area is 139 Å². The van der Waals surface area contributed by atoms with Crippen molar-refractivity contribution in [2.75, 3.05) is 12.3 Å². The fourth-order valence-electron chi connectivity index (χ4n) is 2.60. The average Bonchev–Trinajstić information content (AvgIpc) is 2.59. The fraction of sp³-hybridized carbons (Fsp3) is 0.353. The molecule has 1 aromatic heterocycles. The standard InChI is InChI=1S/C17H19N3O2S/c21-15-8-10-19-17-20(15)11-14(12-23-17)16(22)18-9-4-7-13-5-2-1-3-6-13/h1-3,5-6,8,10,14H,4,7,9,11-12H2,(H,18,22). The second-order valence-corrected chi connectivity index (χ2v) is 6.55. The van der Waals surface area contributed by atoms with E-state index in [1.54, 1.807) is 4.57 Å². The van der Waals surface area contributed by atoms with Gasteiger partial charge in [-0.05, 0) is 18.4 Å². The quantitative estimate of drug-likeness (QED) is 0.670. The van der Waals surface area contributed by atoms with Gasteiger partial charge in [-0.2, -0.15) is 0 Å². The molecule has 2 heterocycles. The van der Waals surface area contributed by atoms with Gasteiger partial charge in [0, 0.05) is 31.1 Å². The van der Waals surface area contributed by atoms with E-state index in [4.69, 9.17) is 0 Å². The highest BCUT2D eigenvalue weighted by Gasteiger charge is 2.25. The highest BCUT2D eigenvalue weighted by molar-refractivity contribution is 7.99. The summed E-state index contributed by atoms with van der Waals surface area (Å²) in [6.45, 7) is 1.07. The van der Waals surface area contributed by atoms with Crippen molar-refractivity contribution < 1.29 is 4.79 Å². The SMILES string of the molecule is O=C(NCCCc1ccccc1)C1CSc2nccc(=O)n2C1. The van der Waals surface area contributed by atoms with Crippen molar-refractivity contribution in [2.45, 2.75) is 24.5 Å². The van der Waals surface area contributed by atoms with Gasteiger partial charge in [0.2, 0.25) is 5.91 Å². The lowest BCUT2D eigenvalue weighted by Crippen LogP contribution is -2.40. The van der Waals surface area contributed by atoms with Crippen molar-refractivity contribution >= 4 is 17.7 Å². The number of amides is 1. The molecule has 0 saturated carbocycles. The van der Waals surface area contributed by atoms with Gasteiger partial charge >= 0.3 is 0 Å². The predicted molar refractivity (Wildman–Crippen MR) is 90.5 cm³/mol. The fourth-order valence-corrected chi connectivity index (χ4v) is 3.66. The minimum Gasteiger partial charge on any atom is -0.356 e. The van der Waals surface area contributed by atoms with Crippen molar-refractivity contribution in [2.24, 2.45) is 5.92 Å². The van der Waals surface area contributed by atoms with Crippen LogP contribution in [0.25, 0.3) is 0 Å². The zero-order chi connectivity index (χ0) is 16.1. The first kappa shape index (κ1) is 15.8. The second kappa shape index (κ2) is 7.46. The zero-order valence-corrected chi connectivity index (χ0v) is 13.6. The van der Waals surface area contributed by atoms with Gasteiger partial charge in [-0.1, -0.05) is 42.1 Å². The molecule has 1 aromatic carbocycles. The Morgan fingerprint density at radius 3 is 2.96 bits per heavy atom. The Bertz CT molecular complexity index is 730. The Kier molecular flexibility index (Phi) is 5.12. The summed E-state index contributed by atoms with van der Waals surface area (Å²) in [6.07, 6.45) is 3.38. The molecule has 1 unspecified atom stereocenters. The summed E-state index contributed by atoms with van der Waals surface area (Å²) in [5.41, 5.74) is 1.19. The molecule has 6 heteroatoms. The topological polar surface area (TPSA) is 64.0 Å². The number of fused-ring (bicyclic) bond motifs is 1. The molecular weight excluding hydrogens is 310 g/mol. The Morgan fingerprint density at radius 2 is 2.13 bits per heavy atom. The summed E-state index contributed by atoms with van der Waals surface area (Å²) in [5, 5.41) is 3.68. The molecule has 0 fully saturated rings. The number of carbonyl (C=O) groups excluding carboxylic acids is 1. The molecule has 120 valence electrons. The second-order valence-electron chi connectivity index (χ2n) is 5.56. The first-order valence-corrected chi connectivity index (χ1v) is 8.73. The van der Waals surface area contributed by atoms with Crippen LogP contribution in [0.1, 0.15) is 12.0 Å². The molecule has 1 aliphatic rings. The number of nitrogens with zero attached hydrogens (tertiary/aromatic N) is 2. The molecule has 0 saturated heterocycles. The van der Waals surface area contributed by atoms with Crippen LogP contribution in [0.3, 0.4) is 0 Å². The van der Waals surface area contributed by atoms with Gasteiger partial charge in [0.25, 0.3) is 5.56 Å². The first-order valence-electron chi connectivity index (χ1n) is 7.74. The highest BCUT2D eigenvalue weighted by Crippen LogP contribution is 2.24. The molecule has 23 heavy (non-hydrogen) atoms. The van der Waals surface area contributed by atoms with Gasteiger partial charge < -0.3 is 5.32 Å². The maximum Gasteiger partial charge on any atom is 0.254 e. The molecule has 0 radical (unpaired) electrons. The van der Waals surface area contributed by atoms with E-state index in [0.29, 0.717) is 24.0 Å². The summed E-state index contributed by atoms with van der Waals surface area (Å²) >= 11 is 1.47. The average molecular weight is 329 g/mol. The van der Waals surface area contributed by atoms with Crippen molar-refractivity contribution in [1.29, 1.82) is 0 Å². The lowest BCUT2D eigenvalue weighted by molar-refractivity contribution is -0.124. The van der Waals surface area contributed by atoms with E-state index in [0.717, 1.165) is 12.8 Å². The Morgan fingerprint density at radius 1 is 1.30 bits per heavy atom. The number of hydrogen-bond acceptors (Lipinski definition) is 4. The van der Waals surface area contributed by atoms with Gasteiger partial charge in [0.05, 0.1) is 5.92 Å². The molecule has 1 N–H and O–H groups in total. The van der Waals surface area contributed by atoms with E-state index in [1.807, 2.05) is 18.2 Å². The van der Waals surface area contributed by atoms with Crippen LogP contribution in [0.2, 0.25) is 0 Å². The molecule has 3 rings (SSSR count). The molecule has 0 aliphatic carbocycles. The summed E-state index contributed by atoms with van der Waals surface area (Å²) in [5.74, 6) is 0.513. The summed E-state index contributed by atoms with van der Waals surface area (Å²) in [7, 11) is 0. The van der Waals surface area contributed by atoms with Gasteiger partial charge in [-0.15, -0.1) is 0 Å². The van der Waals surface area contributed by atoms with Crippen LogP contribution in [-0.2, 0) is 17.8 Å². The van der Waals surface area contributed by atoms with Crippen molar-refractivity contribution in [3.05, 3.63) is 58.5 Å². The third kappa shape index (κ3) is 4.01. The van der Waals surface area contributed by atoms with E-state index < -0.39 is 0 Å². The van der Waals surface area contributed by atoms with E-state index in [9.17, 15) is 9.59 Å². The first-order chi connectivity index (χ1) is 11.2. The van der Waals surface area contributed by atoms with Crippen molar-refractivity contribution in [3.63, 3.8) is 0 Å². The van der Waals surface area contributed by atoms with Gasteiger partial charge in [0.15, 0.2) is 5.16 Å². The normalized spacial score (nSPS) is 16.6. The largest absolute Gasteiger partial charge is 0.356 e. The van der Waals surface area contributed by atoms with Crippen LogP contribution in [0.15, 0.2) is 52.5 Å². The molecule has 1 amide bonds. The summed E-state index contributed by atoms with van der Waals surface area (Å²) in [4.78, 5) is 28.3. The van der Waals surface area contributed by atoms with Crippen molar-refractivity contribution in [3.8, 4) is 0 Å². The third-order valence-corrected chi connectivity index (χ3v) is 5.02. The number of aryl methyl sites for hydroxylation is 1. The zero-order valence-electron chi connectivity index (χ0n) is 12.8. The number of carbonyl (C=O) groups is 1. The number of benzene rings is 1. The number of nitrogens with one attached hydrogen (secondary N) is 1. The third-order valence-electron chi connectivity index (χ3n) is 3.87. The van der Waals surface area contributed by atoms with Crippen LogP contribution in [0.5, 0.6) is 0 Å². The monoisotopic (exact) mass is 329 g/mol. The summed E-state index contributed by atoms with van der Waals surface area (Å²) in [6, 6.07) is 11.7. The molecule has 1 aliphatic heterocycles. The van der Waals surface area contributed by atoms with E-state index in [1.165, 1.54) is 29.6 Å². The minimum absolute atomic E-state index is 0.0203. The van der Waals surface area contributed by atoms with Gasteiger partial charge in [0.1, 0.15) is 0 Å². The molecule has 1 atom stereocenters. The molecule has 0 bridgehead atoms. The van der Waals surface area contributed by atoms with Crippen LogP contribution in [0, 0.1) is 5.92 Å². The smallest absolute Gasteiger partial charge is 0.254 e.